The molecule has 1 unspecified atom stereocenters. The van der Waals surface area contributed by atoms with Crippen molar-refractivity contribution in [3.63, 3.8) is 0 Å². The van der Waals surface area contributed by atoms with Gasteiger partial charge in [-0.15, -0.1) is 0 Å². The lowest BCUT2D eigenvalue weighted by molar-refractivity contribution is 0.0833. The molecule has 0 radical (unpaired) electrons. The highest BCUT2D eigenvalue weighted by atomic mass is 35.7. The van der Waals surface area contributed by atoms with E-state index in [1.54, 1.807) is 7.11 Å². The molecule has 3 atom stereocenters. The number of ether oxygens (including phenoxy) is 2. The molecule has 1 heterocycles. The Hall–Kier alpha value is 0.360. The van der Waals surface area contributed by atoms with Crippen LogP contribution in [0.1, 0.15) is 0 Å². The van der Waals surface area contributed by atoms with Gasteiger partial charge in [0.15, 0.2) is 0 Å². The molecule has 3 nitrogen and oxygen atoms in total. The van der Waals surface area contributed by atoms with Gasteiger partial charge in [-0.1, -0.05) is 0 Å². The number of methoxy groups -OCH3 is 1. The van der Waals surface area contributed by atoms with Crippen molar-refractivity contribution in [1.29, 1.82) is 0 Å². The second kappa shape index (κ2) is 3.67. The molecule has 0 aromatic rings. The lowest BCUT2D eigenvalue weighted by Gasteiger charge is -2.10. The first-order valence-corrected chi connectivity index (χ1v) is 4.97. The fourth-order valence-electron chi connectivity index (χ4n) is 0.908. The van der Waals surface area contributed by atoms with Crippen molar-refractivity contribution in [2.75, 3.05) is 20.3 Å². The smallest absolute Gasteiger partial charge is 0.123 e. The van der Waals surface area contributed by atoms with Gasteiger partial charge in [-0.05, 0) is 10.7 Å². The standard InChI is InChI=1S/C5H9ClO3S/c1-8-4-2-9-3-5(4)10(6)7/h4-5H,2-3H2,1H3/t4-,5+,10?/m0/s1. The van der Waals surface area contributed by atoms with Crippen molar-refractivity contribution in [3.8, 4) is 0 Å². The van der Waals surface area contributed by atoms with Crippen molar-refractivity contribution in [2.45, 2.75) is 11.4 Å². The second-order valence-electron chi connectivity index (χ2n) is 2.10. The van der Waals surface area contributed by atoms with Gasteiger partial charge in [0.05, 0.1) is 19.3 Å². The molecule has 1 rings (SSSR count). The van der Waals surface area contributed by atoms with E-state index in [9.17, 15) is 4.21 Å². The van der Waals surface area contributed by atoms with Gasteiger partial charge in [-0.25, -0.2) is 4.21 Å². The molecule has 0 amide bonds. The zero-order valence-corrected chi connectivity index (χ0v) is 7.15. The zero-order chi connectivity index (χ0) is 7.56. The van der Waals surface area contributed by atoms with Crippen molar-refractivity contribution < 1.29 is 13.7 Å². The molecule has 1 aliphatic heterocycles. The summed E-state index contributed by atoms with van der Waals surface area (Å²) in [5.74, 6) is 0. The molecule has 1 fully saturated rings. The minimum Gasteiger partial charge on any atom is -0.378 e. The number of rotatable bonds is 2. The summed E-state index contributed by atoms with van der Waals surface area (Å²) in [6, 6.07) is 0. The SMILES string of the molecule is CO[C@H]1COC[C@H]1S(=O)Cl. The Morgan fingerprint density at radius 2 is 2.40 bits per heavy atom. The van der Waals surface area contributed by atoms with Gasteiger partial charge < -0.3 is 9.47 Å². The van der Waals surface area contributed by atoms with Crippen LogP contribution in [-0.4, -0.2) is 35.9 Å². The Bertz CT molecular complexity index is 141. The van der Waals surface area contributed by atoms with Gasteiger partial charge in [0, 0.05) is 7.11 Å². The maximum absolute atomic E-state index is 10.7. The third-order valence-corrected chi connectivity index (χ3v) is 3.12. The highest BCUT2D eigenvalue weighted by Crippen LogP contribution is 2.16. The second-order valence-corrected chi connectivity index (χ2v) is 4.11. The maximum Gasteiger partial charge on any atom is 0.123 e. The molecule has 0 aliphatic carbocycles. The average Bonchev–Trinajstić information content (AvgIpc) is 2.33. The van der Waals surface area contributed by atoms with E-state index in [2.05, 4.69) is 0 Å². The molecule has 60 valence electrons. The lowest BCUT2D eigenvalue weighted by atomic mass is 10.3. The molecule has 5 heteroatoms. The normalized spacial score (nSPS) is 36.2. The maximum atomic E-state index is 10.7. The topological polar surface area (TPSA) is 35.5 Å². The van der Waals surface area contributed by atoms with Gasteiger partial charge in [0.25, 0.3) is 0 Å². The van der Waals surface area contributed by atoms with E-state index in [4.69, 9.17) is 20.2 Å². The summed E-state index contributed by atoms with van der Waals surface area (Å²) in [7, 11) is 5.59. The summed E-state index contributed by atoms with van der Waals surface area (Å²) in [6.07, 6.45) is -0.0988. The zero-order valence-electron chi connectivity index (χ0n) is 5.58. The molecule has 0 spiro atoms. The quantitative estimate of drug-likeness (QED) is 0.580. The average molecular weight is 185 g/mol. The fraction of sp³-hybridized carbons (Fsp3) is 1.00. The third kappa shape index (κ3) is 1.69. The lowest BCUT2D eigenvalue weighted by Crippen LogP contribution is -2.27. The van der Waals surface area contributed by atoms with Gasteiger partial charge >= 0.3 is 0 Å². The largest absolute Gasteiger partial charge is 0.378 e. The summed E-state index contributed by atoms with van der Waals surface area (Å²) in [5.41, 5.74) is 0. The van der Waals surface area contributed by atoms with Crippen molar-refractivity contribution in [1.82, 2.24) is 0 Å². The highest BCUT2D eigenvalue weighted by molar-refractivity contribution is 8.08. The summed E-state index contributed by atoms with van der Waals surface area (Å²) in [4.78, 5) is 0. The molecule has 10 heavy (non-hydrogen) atoms. The van der Waals surface area contributed by atoms with Crippen LogP contribution >= 0.6 is 10.7 Å². The van der Waals surface area contributed by atoms with Crippen LogP contribution in [0, 0.1) is 0 Å². The van der Waals surface area contributed by atoms with E-state index >= 15 is 0 Å². The van der Waals surface area contributed by atoms with Crippen LogP contribution in [0.4, 0.5) is 0 Å². The van der Waals surface area contributed by atoms with Gasteiger partial charge in [-0.2, -0.15) is 0 Å². The van der Waals surface area contributed by atoms with Crippen LogP contribution in [0.15, 0.2) is 0 Å². The van der Waals surface area contributed by atoms with E-state index in [1.165, 1.54) is 0 Å². The van der Waals surface area contributed by atoms with Crippen molar-refractivity contribution in [3.05, 3.63) is 0 Å². The minimum absolute atomic E-state index is 0.0988. The summed E-state index contributed by atoms with van der Waals surface area (Å²) in [5, 5.41) is -0.160. The molecule has 1 saturated heterocycles. The molecule has 1 aliphatic rings. The monoisotopic (exact) mass is 184 g/mol. The van der Waals surface area contributed by atoms with E-state index < -0.39 is 10.0 Å². The Kier molecular flexibility index (Phi) is 3.10. The minimum atomic E-state index is -1.35. The molecule has 0 aromatic heterocycles. The summed E-state index contributed by atoms with van der Waals surface area (Å²) < 4.78 is 20.7. The summed E-state index contributed by atoms with van der Waals surface area (Å²) >= 11 is 0. The van der Waals surface area contributed by atoms with Crippen LogP contribution in [-0.2, 0) is 19.5 Å². The molecule has 0 N–H and O–H groups in total. The van der Waals surface area contributed by atoms with Gasteiger partial charge in [-0.3, -0.25) is 0 Å². The molecule has 0 aromatic carbocycles. The first-order chi connectivity index (χ1) is 4.75. The van der Waals surface area contributed by atoms with Crippen LogP contribution in [0.2, 0.25) is 0 Å². The van der Waals surface area contributed by atoms with Crippen LogP contribution in [0.5, 0.6) is 0 Å². The summed E-state index contributed by atoms with van der Waals surface area (Å²) in [6.45, 7) is 0.939. The highest BCUT2D eigenvalue weighted by Gasteiger charge is 2.32. The van der Waals surface area contributed by atoms with E-state index in [0.29, 0.717) is 13.2 Å². The fourth-order valence-corrected chi connectivity index (χ4v) is 2.04. The molecule has 0 saturated carbocycles. The number of hydrogen-bond donors (Lipinski definition) is 0. The predicted molar refractivity (Wildman–Crippen MR) is 39.4 cm³/mol. The van der Waals surface area contributed by atoms with E-state index in [0.717, 1.165) is 0 Å². The first-order valence-electron chi connectivity index (χ1n) is 2.93. The Labute approximate surface area is 66.6 Å². The number of halogens is 1. The number of hydrogen-bond acceptors (Lipinski definition) is 3. The van der Waals surface area contributed by atoms with Crippen LogP contribution < -0.4 is 0 Å². The molecule has 0 bridgehead atoms. The van der Waals surface area contributed by atoms with E-state index in [1.807, 2.05) is 0 Å². The molecular formula is C5H9ClO3S. The van der Waals surface area contributed by atoms with Crippen LogP contribution in [0.3, 0.4) is 0 Å². The van der Waals surface area contributed by atoms with E-state index in [-0.39, 0.29) is 11.4 Å². The van der Waals surface area contributed by atoms with Crippen LogP contribution in [0.25, 0.3) is 0 Å². The van der Waals surface area contributed by atoms with Crippen molar-refractivity contribution >= 4 is 20.7 Å². The third-order valence-electron chi connectivity index (χ3n) is 1.52. The Morgan fingerprint density at radius 1 is 1.70 bits per heavy atom. The Balaban J connectivity index is 2.50. The molecular weight excluding hydrogens is 176 g/mol. The van der Waals surface area contributed by atoms with Gasteiger partial charge in [0.2, 0.25) is 0 Å². The van der Waals surface area contributed by atoms with Gasteiger partial charge in [0.1, 0.15) is 15.3 Å². The predicted octanol–water partition coefficient (Wildman–Crippen LogP) is 0.303. The first kappa shape index (κ1) is 8.46. The van der Waals surface area contributed by atoms with Crippen molar-refractivity contribution in [2.24, 2.45) is 0 Å². The Morgan fingerprint density at radius 3 is 2.80 bits per heavy atom.